The number of likely N-dealkylation sites (tertiary alicyclic amines) is 1. The lowest BCUT2D eigenvalue weighted by molar-refractivity contribution is 0.175. The Morgan fingerprint density at radius 3 is 2.68 bits per heavy atom. The van der Waals surface area contributed by atoms with Crippen molar-refractivity contribution in [3.05, 3.63) is 59.3 Å². The van der Waals surface area contributed by atoms with Gasteiger partial charge in [-0.15, -0.1) is 0 Å². The number of hydrogen-bond donors (Lipinski definition) is 3. The number of aliphatic imine (C=N–C) groups is 1. The van der Waals surface area contributed by atoms with E-state index in [1.54, 1.807) is 7.11 Å². The van der Waals surface area contributed by atoms with Crippen molar-refractivity contribution < 1.29 is 19.3 Å². The topological polar surface area (TPSA) is 103 Å². The number of rotatable bonds is 8. The van der Waals surface area contributed by atoms with Crippen molar-refractivity contribution in [3.63, 3.8) is 0 Å². The number of hydrogen-bond acceptors (Lipinski definition) is 6. The van der Waals surface area contributed by atoms with E-state index in [1.165, 1.54) is 0 Å². The zero-order chi connectivity index (χ0) is 24.1. The molecule has 0 bridgehead atoms. The van der Waals surface area contributed by atoms with Crippen LogP contribution in [-0.4, -0.2) is 66.2 Å². The summed E-state index contributed by atoms with van der Waals surface area (Å²) in [5.74, 6) is 1.70. The number of aromatic amines is 1. The van der Waals surface area contributed by atoms with Gasteiger partial charge in [-0.25, -0.2) is 0 Å². The highest BCUT2D eigenvalue weighted by Crippen LogP contribution is 2.30. The van der Waals surface area contributed by atoms with Crippen molar-refractivity contribution in [2.24, 2.45) is 4.99 Å². The predicted octanol–water partition coefficient (Wildman–Crippen LogP) is 3.95. The van der Waals surface area contributed by atoms with Crippen LogP contribution in [0.2, 0.25) is 0 Å². The van der Waals surface area contributed by atoms with E-state index in [1.807, 2.05) is 56.4 Å². The molecule has 0 aliphatic carbocycles. The van der Waals surface area contributed by atoms with Crippen LogP contribution in [0.25, 0.3) is 10.9 Å². The fraction of sp³-hybridized carbons (Fsp3) is 0.385. The van der Waals surface area contributed by atoms with Gasteiger partial charge in [0.25, 0.3) is 0 Å². The molecule has 0 radical (unpaired) electrons. The SMILES string of the molecule is CCOc1ccc(C(=NC(=N)c2cccc3[nH]cc(CN4CC[C@H](O)C4)c23)OC)cc1OCC. The lowest BCUT2D eigenvalue weighted by atomic mass is 10.0. The number of aliphatic hydroxyl groups excluding tert-OH is 1. The number of nitrogens with zero attached hydrogens (tertiary/aromatic N) is 2. The van der Waals surface area contributed by atoms with Gasteiger partial charge in [0.15, 0.2) is 17.3 Å². The van der Waals surface area contributed by atoms with Gasteiger partial charge in [-0.3, -0.25) is 10.3 Å². The first-order valence-corrected chi connectivity index (χ1v) is 11.6. The number of aromatic nitrogens is 1. The zero-order valence-electron chi connectivity index (χ0n) is 19.9. The number of ether oxygens (including phenoxy) is 3. The van der Waals surface area contributed by atoms with E-state index in [9.17, 15) is 5.11 Å². The number of nitrogens with one attached hydrogen (secondary N) is 2. The average molecular weight is 465 g/mol. The summed E-state index contributed by atoms with van der Waals surface area (Å²) in [6.45, 7) is 7.12. The number of aliphatic hydroxyl groups is 1. The molecule has 8 nitrogen and oxygen atoms in total. The second kappa shape index (κ2) is 10.7. The van der Waals surface area contributed by atoms with Gasteiger partial charge in [-0.1, -0.05) is 12.1 Å². The second-order valence-corrected chi connectivity index (χ2v) is 8.22. The van der Waals surface area contributed by atoms with Gasteiger partial charge in [0.05, 0.1) is 26.4 Å². The van der Waals surface area contributed by atoms with E-state index < -0.39 is 0 Å². The van der Waals surface area contributed by atoms with Gasteiger partial charge in [-0.05, 0) is 50.1 Å². The molecule has 2 heterocycles. The second-order valence-electron chi connectivity index (χ2n) is 8.22. The average Bonchev–Trinajstić information content (AvgIpc) is 3.44. The summed E-state index contributed by atoms with van der Waals surface area (Å²) in [5.41, 5.74) is 3.45. The van der Waals surface area contributed by atoms with Crippen molar-refractivity contribution in [3.8, 4) is 11.5 Å². The molecule has 1 aliphatic heterocycles. The molecule has 8 heteroatoms. The van der Waals surface area contributed by atoms with E-state index in [4.69, 9.17) is 19.6 Å². The molecule has 0 spiro atoms. The first-order valence-electron chi connectivity index (χ1n) is 11.6. The van der Waals surface area contributed by atoms with Crippen LogP contribution in [0.5, 0.6) is 11.5 Å². The van der Waals surface area contributed by atoms with E-state index in [0.29, 0.717) is 49.3 Å². The molecule has 4 rings (SSSR count). The molecule has 1 saturated heterocycles. The molecule has 1 fully saturated rings. The molecule has 0 amide bonds. The molecule has 0 saturated carbocycles. The Balaban J connectivity index is 1.66. The molecular formula is C26H32N4O4. The lowest BCUT2D eigenvalue weighted by Gasteiger charge is -2.15. The molecule has 3 N–H and O–H groups in total. The summed E-state index contributed by atoms with van der Waals surface area (Å²) in [5, 5.41) is 19.7. The monoisotopic (exact) mass is 464 g/mol. The fourth-order valence-electron chi connectivity index (χ4n) is 4.35. The van der Waals surface area contributed by atoms with E-state index in [2.05, 4.69) is 14.9 Å². The summed E-state index contributed by atoms with van der Waals surface area (Å²) < 4.78 is 17.0. The highest BCUT2D eigenvalue weighted by atomic mass is 16.5. The quantitative estimate of drug-likeness (QED) is 0.346. The number of H-pyrrole nitrogens is 1. The van der Waals surface area contributed by atoms with Crippen LogP contribution in [-0.2, 0) is 11.3 Å². The molecular weight excluding hydrogens is 432 g/mol. The third-order valence-electron chi connectivity index (χ3n) is 5.88. The minimum atomic E-state index is -0.271. The van der Waals surface area contributed by atoms with Gasteiger partial charge in [0, 0.05) is 47.9 Å². The van der Waals surface area contributed by atoms with Crippen molar-refractivity contribution in [1.29, 1.82) is 5.41 Å². The van der Waals surface area contributed by atoms with E-state index in [-0.39, 0.29) is 11.9 Å². The van der Waals surface area contributed by atoms with Crippen LogP contribution < -0.4 is 9.47 Å². The minimum absolute atomic E-state index is 0.108. The number of β-amino-alcohol motifs (C(OH)–C–C–N with tert-alkyl or cyclic N) is 1. The Labute approximate surface area is 199 Å². The predicted molar refractivity (Wildman–Crippen MR) is 133 cm³/mol. The first kappa shape index (κ1) is 23.8. The molecule has 34 heavy (non-hydrogen) atoms. The van der Waals surface area contributed by atoms with Crippen molar-refractivity contribution in [2.45, 2.75) is 32.9 Å². The van der Waals surface area contributed by atoms with E-state index in [0.717, 1.165) is 35.0 Å². The van der Waals surface area contributed by atoms with Crippen molar-refractivity contribution >= 4 is 22.6 Å². The number of fused-ring (bicyclic) bond motifs is 1. The number of methoxy groups -OCH3 is 1. The van der Waals surface area contributed by atoms with Crippen molar-refractivity contribution in [2.75, 3.05) is 33.4 Å². The van der Waals surface area contributed by atoms with Gasteiger partial charge in [0.2, 0.25) is 5.90 Å². The Kier molecular flexibility index (Phi) is 7.49. The maximum Gasteiger partial charge on any atom is 0.222 e. The van der Waals surface area contributed by atoms with Gasteiger partial charge >= 0.3 is 0 Å². The molecule has 1 aliphatic rings. The maximum atomic E-state index is 9.89. The molecule has 180 valence electrons. The Morgan fingerprint density at radius 1 is 1.18 bits per heavy atom. The third kappa shape index (κ3) is 5.08. The molecule has 3 aromatic rings. The Hall–Kier alpha value is -3.36. The summed E-state index contributed by atoms with van der Waals surface area (Å²) in [6, 6.07) is 11.3. The zero-order valence-corrected chi connectivity index (χ0v) is 19.9. The third-order valence-corrected chi connectivity index (χ3v) is 5.88. The highest BCUT2D eigenvalue weighted by molar-refractivity contribution is 6.14. The van der Waals surface area contributed by atoms with Crippen LogP contribution in [0.15, 0.2) is 47.6 Å². The first-order chi connectivity index (χ1) is 16.5. The number of amidine groups is 1. The van der Waals surface area contributed by atoms with Gasteiger partial charge < -0.3 is 24.3 Å². The fourth-order valence-corrected chi connectivity index (χ4v) is 4.35. The van der Waals surface area contributed by atoms with Gasteiger partial charge in [-0.2, -0.15) is 4.99 Å². The minimum Gasteiger partial charge on any atom is -0.490 e. The Bertz CT molecular complexity index is 1190. The van der Waals surface area contributed by atoms with Crippen LogP contribution >= 0.6 is 0 Å². The van der Waals surface area contributed by atoms with Crippen LogP contribution in [0, 0.1) is 5.41 Å². The summed E-state index contributed by atoms with van der Waals surface area (Å²) in [4.78, 5) is 10.1. The van der Waals surface area contributed by atoms with Crippen molar-refractivity contribution in [1.82, 2.24) is 9.88 Å². The highest BCUT2D eigenvalue weighted by Gasteiger charge is 2.22. The smallest absolute Gasteiger partial charge is 0.222 e. The van der Waals surface area contributed by atoms with Gasteiger partial charge in [0.1, 0.15) is 0 Å². The largest absolute Gasteiger partial charge is 0.490 e. The molecule has 1 atom stereocenters. The van der Waals surface area contributed by atoms with E-state index >= 15 is 0 Å². The summed E-state index contributed by atoms with van der Waals surface area (Å²) >= 11 is 0. The Morgan fingerprint density at radius 2 is 1.97 bits per heavy atom. The summed E-state index contributed by atoms with van der Waals surface area (Å²) in [7, 11) is 1.55. The number of benzene rings is 2. The van der Waals surface area contributed by atoms with Crippen LogP contribution in [0.1, 0.15) is 37.0 Å². The molecule has 2 aromatic carbocycles. The normalized spacial score (nSPS) is 16.7. The molecule has 1 aromatic heterocycles. The maximum absolute atomic E-state index is 9.89. The molecule has 0 unspecified atom stereocenters. The summed E-state index contributed by atoms with van der Waals surface area (Å²) in [6.07, 6.45) is 2.50. The standard InChI is InChI=1S/C26H32N4O4/c1-4-33-22-10-9-17(13-23(22)34-5-2)26(32-3)29-25(27)20-7-6-8-21-24(20)18(14-28-21)15-30-12-11-19(31)16-30/h6-10,13-14,19,27-28,31H,4-5,11-12,15-16H2,1-3H3/t19-/m0/s1. The lowest BCUT2D eigenvalue weighted by Crippen LogP contribution is -2.21. The van der Waals surface area contributed by atoms with Crippen LogP contribution in [0.4, 0.5) is 0 Å². The van der Waals surface area contributed by atoms with Crippen LogP contribution in [0.3, 0.4) is 0 Å².